The van der Waals surface area contributed by atoms with Crippen LogP contribution in [0.15, 0.2) is 0 Å². The molecule has 1 heterocycles. The highest BCUT2D eigenvalue weighted by atomic mass is 19.4. The quantitative estimate of drug-likeness (QED) is 0.762. The van der Waals surface area contributed by atoms with Crippen LogP contribution in [0.4, 0.5) is 13.2 Å². The average molecular weight is 210 g/mol. The molecule has 0 aromatic carbocycles. The lowest BCUT2D eigenvalue weighted by atomic mass is 10.3. The molecule has 0 unspecified atom stereocenters. The van der Waals surface area contributed by atoms with Crippen molar-refractivity contribution in [3.05, 3.63) is 11.4 Å². The van der Waals surface area contributed by atoms with E-state index < -0.39 is 17.6 Å². The fraction of sp³-hybridized carbons (Fsp3) is 0.571. The predicted octanol–water partition coefficient (Wildman–Crippen LogP) is 0.908. The largest absolute Gasteiger partial charge is 0.504 e. The van der Waals surface area contributed by atoms with Crippen LogP contribution < -0.4 is 0 Å². The molecule has 0 bridgehead atoms. The Morgan fingerprint density at radius 2 is 2.00 bits per heavy atom. The third-order valence-corrected chi connectivity index (χ3v) is 1.76. The molecule has 1 aromatic heterocycles. The van der Waals surface area contributed by atoms with Crippen LogP contribution in [0.3, 0.4) is 0 Å². The monoisotopic (exact) mass is 210 g/mol. The smallest absolute Gasteiger partial charge is 0.438 e. The van der Waals surface area contributed by atoms with Crippen molar-refractivity contribution in [1.82, 2.24) is 9.78 Å². The number of hydrogen-bond acceptors (Lipinski definition) is 3. The minimum atomic E-state index is -4.67. The van der Waals surface area contributed by atoms with Gasteiger partial charge in [0, 0.05) is 0 Å². The second kappa shape index (κ2) is 3.49. The summed E-state index contributed by atoms with van der Waals surface area (Å²) in [5.41, 5.74) is -1.32. The summed E-state index contributed by atoms with van der Waals surface area (Å²) in [6.45, 7) is 0.891. The average Bonchev–Trinajstić information content (AvgIpc) is 2.32. The summed E-state index contributed by atoms with van der Waals surface area (Å²) in [5, 5.41) is 20.8. The van der Waals surface area contributed by atoms with Crippen molar-refractivity contribution in [3.63, 3.8) is 0 Å². The lowest BCUT2D eigenvalue weighted by Crippen LogP contribution is -2.10. The number of aliphatic hydroxyl groups is 1. The Hall–Kier alpha value is -1.24. The van der Waals surface area contributed by atoms with Crippen molar-refractivity contribution in [3.8, 4) is 5.75 Å². The summed E-state index contributed by atoms with van der Waals surface area (Å²) in [5.74, 6) is -0.883. The first-order valence-electron chi connectivity index (χ1n) is 3.82. The van der Waals surface area contributed by atoms with Crippen molar-refractivity contribution in [2.75, 3.05) is 6.61 Å². The van der Waals surface area contributed by atoms with E-state index in [0.717, 1.165) is 4.68 Å². The van der Waals surface area contributed by atoms with Crippen LogP contribution in [0.25, 0.3) is 0 Å². The zero-order valence-corrected chi connectivity index (χ0v) is 7.34. The van der Waals surface area contributed by atoms with Gasteiger partial charge in [0.15, 0.2) is 5.75 Å². The molecule has 80 valence electrons. The predicted molar refractivity (Wildman–Crippen MR) is 40.7 cm³/mol. The molecule has 0 aliphatic heterocycles. The SMILES string of the molecule is Cc1c(O)c(C(F)(F)F)nn1CCO. The van der Waals surface area contributed by atoms with Gasteiger partial charge in [-0.25, -0.2) is 0 Å². The molecule has 0 aliphatic rings. The van der Waals surface area contributed by atoms with Gasteiger partial charge in [-0.3, -0.25) is 4.68 Å². The molecular weight excluding hydrogens is 201 g/mol. The lowest BCUT2D eigenvalue weighted by molar-refractivity contribution is -0.142. The highest BCUT2D eigenvalue weighted by molar-refractivity contribution is 5.33. The Kier molecular flexibility index (Phi) is 2.70. The minimum Gasteiger partial charge on any atom is -0.504 e. The Bertz CT molecular complexity index is 332. The van der Waals surface area contributed by atoms with Gasteiger partial charge in [0.1, 0.15) is 0 Å². The molecule has 7 heteroatoms. The van der Waals surface area contributed by atoms with Gasteiger partial charge in [0.05, 0.1) is 18.8 Å². The molecule has 14 heavy (non-hydrogen) atoms. The molecule has 0 fully saturated rings. The molecule has 2 N–H and O–H groups in total. The lowest BCUT2D eigenvalue weighted by Gasteiger charge is -2.01. The van der Waals surface area contributed by atoms with E-state index in [1.165, 1.54) is 6.92 Å². The summed E-state index contributed by atoms with van der Waals surface area (Å²) in [6, 6.07) is 0. The van der Waals surface area contributed by atoms with Crippen LogP contribution in [-0.4, -0.2) is 26.6 Å². The van der Waals surface area contributed by atoms with Crippen molar-refractivity contribution in [2.24, 2.45) is 0 Å². The van der Waals surface area contributed by atoms with E-state index >= 15 is 0 Å². The van der Waals surface area contributed by atoms with E-state index in [1.807, 2.05) is 0 Å². The van der Waals surface area contributed by atoms with E-state index in [4.69, 9.17) is 10.2 Å². The summed E-state index contributed by atoms with van der Waals surface area (Å²) >= 11 is 0. The Morgan fingerprint density at radius 3 is 2.36 bits per heavy atom. The summed E-state index contributed by atoms with van der Waals surface area (Å²) in [6.07, 6.45) is -4.67. The highest BCUT2D eigenvalue weighted by Crippen LogP contribution is 2.36. The molecule has 0 radical (unpaired) electrons. The first-order valence-corrected chi connectivity index (χ1v) is 3.82. The van der Waals surface area contributed by atoms with E-state index in [9.17, 15) is 13.2 Å². The second-order valence-electron chi connectivity index (χ2n) is 2.73. The van der Waals surface area contributed by atoms with E-state index in [1.54, 1.807) is 0 Å². The number of aromatic nitrogens is 2. The number of rotatable bonds is 2. The minimum absolute atomic E-state index is 0.00799. The van der Waals surface area contributed by atoms with Gasteiger partial charge in [0.25, 0.3) is 0 Å². The zero-order valence-electron chi connectivity index (χ0n) is 7.34. The van der Waals surface area contributed by atoms with Crippen LogP contribution in [-0.2, 0) is 12.7 Å². The molecule has 0 atom stereocenters. The maximum atomic E-state index is 12.2. The van der Waals surface area contributed by atoms with Crippen LogP contribution in [0.5, 0.6) is 5.75 Å². The van der Waals surface area contributed by atoms with E-state index in [2.05, 4.69) is 5.10 Å². The van der Waals surface area contributed by atoms with Crippen molar-refractivity contribution < 1.29 is 23.4 Å². The number of halogens is 3. The maximum absolute atomic E-state index is 12.2. The molecular formula is C7H9F3N2O2. The van der Waals surface area contributed by atoms with Gasteiger partial charge in [-0.05, 0) is 6.92 Å². The topological polar surface area (TPSA) is 58.3 Å². The van der Waals surface area contributed by atoms with Crippen LogP contribution in [0, 0.1) is 6.92 Å². The van der Waals surface area contributed by atoms with Gasteiger partial charge < -0.3 is 10.2 Å². The van der Waals surface area contributed by atoms with Crippen LogP contribution in [0.1, 0.15) is 11.4 Å². The van der Waals surface area contributed by atoms with Crippen molar-refractivity contribution in [2.45, 2.75) is 19.6 Å². The Labute approximate surface area is 77.6 Å². The maximum Gasteiger partial charge on any atom is 0.438 e. The van der Waals surface area contributed by atoms with Crippen molar-refractivity contribution >= 4 is 0 Å². The van der Waals surface area contributed by atoms with Gasteiger partial charge in [-0.1, -0.05) is 0 Å². The standard InChI is InChI=1S/C7H9F3N2O2/c1-4-5(14)6(7(8,9)10)11-12(4)2-3-13/h13-14H,2-3H2,1H3. The van der Waals surface area contributed by atoms with Crippen LogP contribution in [0.2, 0.25) is 0 Å². The van der Waals surface area contributed by atoms with Gasteiger partial charge >= 0.3 is 6.18 Å². The Morgan fingerprint density at radius 1 is 1.43 bits per heavy atom. The molecule has 0 spiro atoms. The van der Waals surface area contributed by atoms with E-state index in [-0.39, 0.29) is 18.8 Å². The first-order chi connectivity index (χ1) is 6.38. The Balaban J connectivity index is 3.15. The van der Waals surface area contributed by atoms with Crippen LogP contribution >= 0.6 is 0 Å². The normalized spacial score (nSPS) is 12.1. The molecule has 1 aromatic rings. The zero-order chi connectivity index (χ0) is 10.9. The number of hydrogen-bond donors (Lipinski definition) is 2. The van der Waals surface area contributed by atoms with Gasteiger partial charge in [0.2, 0.25) is 5.69 Å². The third-order valence-electron chi connectivity index (χ3n) is 1.76. The highest BCUT2D eigenvalue weighted by Gasteiger charge is 2.38. The number of nitrogens with zero attached hydrogens (tertiary/aromatic N) is 2. The number of alkyl halides is 3. The van der Waals surface area contributed by atoms with E-state index in [0.29, 0.717) is 0 Å². The molecule has 0 saturated heterocycles. The molecule has 0 saturated carbocycles. The summed E-state index contributed by atoms with van der Waals surface area (Å²) < 4.78 is 37.5. The number of aromatic hydroxyl groups is 1. The first kappa shape index (κ1) is 10.8. The fourth-order valence-electron chi connectivity index (χ4n) is 1.04. The summed E-state index contributed by atoms with van der Waals surface area (Å²) in [7, 11) is 0. The van der Waals surface area contributed by atoms with Gasteiger partial charge in [-0.2, -0.15) is 18.3 Å². The number of aliphatic hydroxyl groups excluding tert-OH is 1. The molecule has 1 rings (SSSR count). The molecule has 4 nitrogen and oxygen atoms in total. The molecule has 0 amide bonds. The second-order valence-corrected chi connectivity index (χ2v) is 2.73. The third kappa shape index (κ3) is 1.82. The van der Waals surface area contributed by atoms with Crippen molar-refractivity contribution in [1.29, 1.82) is 0 Å². The van der Waals surface area contributed by atoms with Gasteiger partial charge in [-0.15, -0.1) is 0 Å². The fourth-order valence-corrected chi connectivity index (χ4v) is 1.04. The molecule has 0 aliphatic carbocycles. The summed E-state index contributed by atoms with van der Waals surface area (Å²) in [4.78, 5) is 0.